The van der Waals surface area contributed by atoms with Crippen molar-refractivity contribution in [3.8, 4) is 12.3 Å². The van der Waals surface area contributed by atoms with Crippen molar-refractivity contribution in [2.24, 2.45) is 0 Å². The number of ether oxygens (including phenoxy) is 2. The van der Waals surface area contributed by atoms with Crippen LogP contribution in [0.4, 0.5) is 0 Å². The van der Waals surface area contributed by atoms with E-state index in [-0.39, 0.29) is 0 Å². The average Bonchev–Trinajstić information content (AvgIpc) is 2.47. The molecule has 0 aromatic carbocycles. The molecule has 0 rings (SSSR count). The number of hydrogen-bond donors (Lipinski definition) is 0. The second kappa shape index (κ2) is 18.5. The maximum Gasteiger partial charge on any atom is 0.146 e. The monoisotopic (exact) mass is 282 g/mol. The molecule has 0 bridgehead atoms. The molecule has 0 aromatic heterocycles. The van der Waals surface area contributed by atoms with Gasteiger partial charge in [-0.2, -0.15) is 0 Å². The molecule has 0 aliphatic heterocycles. The molecule has 2 heteroatoms. The summed E-state index contributed by atoms with van der Waals surface area (Å²) >= 11 is 0. The maximum atomic E-state index is 5.46. The fourth-order valence-corrected chi connectivity index (χ4v) is 2.12. The molecule has 0 saturated heterocycles. The Bertz CT molecular complexity index is 208. The molecule has 0 amide bonds. The summed E-state index contributed by atoms with van der Waals surface area (Å²) < 4.78 is 10.9. The van der Waals surface area contributed by atoms with Crippen molar-refractivity contribution in [2.45, 2.75) is 84.0 Å². The summed E-state index contributed by atoms with van der Waals surface area (Å²) in [5.41, 5.74) is 0. The topological polar surface area (TPSA) is 18.5 Å². The predicted octanol–water partition coefficient (Wildman–Crippen LogP) is 5.31. The first-order valence-electron chi connectivity index (χ1n) is 8.50. The summed E-state index contributed by atoms with van der Waals surface area (Å²) in [5.74, 6) is 2.67. The van der Waals surface area contributed by atoms with Gasteiger partial charge in [0.2, 0.25) is 0 Å². The lowest BCUT2D eigenvalue weighted by atomic mass is 10.1. The van der Waals surface area contributed by atoms with Gasteiger partial charge in [-0.1, -0.05) is 58.3 Å². The second-order valence-electron chi connectivity index (χ2n) is 5.42. The SMILES string of the molecule is C#CCCCCCCOCOCCCCCCCCC. The van der Waals surface area contributed by atoms with Gasteiger partial charge in [0.05, 0.1) is 0 Å². The predicted molar refractivity (Wildman–Crippen MR) is 86.7 cm³/mol. The lowest BCUT2D eigenvalue weighted by molar-refractivity contribution is -0.0555. The van der Waals surface area contributed by atoms with Gasteiger partial charge in [0.25, 0.3) is 0 Å². The molecule has 0 aliphatic rings. The normalized spacial score (nSPS) is 10.6. The lowest BCUT2D eigenvalue weighted by Crippen LogP contribution is -2.03. The first-order chi connectivity index (χ1) is 9.91. The van der Waals surface area contributed by atoms with Crippen molar-refractivity contribution in [3.05, 3.63) is 0 Å². The molecule has 0 radical (unpaired) electrons. The second-order valence-corrected chi connectivity index (χ2v) is 5.42. The number of unbranched alkanes of at least 4 members (excludes halogenated alkanes) is 10. The summed E-state index contributed by atoms with van der Waals surface area (Å²) in [6.07, 6.45) is 20.1. The van der Waals surface area contributed by atoms with E-state index < -0.39 is 0 Å². The van der Waals surface area contributed by atoms with E-state index in [2.05, 4.69) is 12.8 Å². The summed E-state index contributed by atoms with van der Waals surface area (Å²) in [5, 5.41) is 0. The first kappa shape index (κ1) is 19.5. The van der Waals surface area contributed by atoms with Crippen LogP contribution in [-0.2, 0) is 9.47 Å². The van der Waals surface area contributed by atoms with E-state index in [1.165, 1.54) is 57.8 Å². The van der Waals surface area contributed by atoms with Gasteiger partial charge in [-0.25, -0.2) is 0 Å². The van der Waals surface area contributed by atoms with E-state index in [9.17, 15) is 0 Å². The molecule has 118 valence electrons. The summed E-state index contributed by atoms with van der Waals surface area (Å²) in [6, 6.07) is 0. The van der Waals surface area contributed by atoms with Crippen LogP contribution in [0.5, 0.6) is 0 Å². The molecule has 2 nitrogen and oxygen atoms in total. The molecule has 0 aliphatic carbocycles. The quantitative estimate of drug-likeness (QED) is 0.217. The van der Waals surface area contributed by atoms with E-state index in [0.717, 1.165) is 32.5 Å². The Morgan fingerprint density at radius 2 is 1.20 bits per heavy atom. The van der Waals surface area contributed by atoms with Crippen LogP contribution in [-0.4, -0.2) is 20.0 Å². The third-order valence-electron chi connectivity index (χ3n) is 3.42. The molecule has 0 heterocycles. The Balaban J connectivity index is 2.91. The molecule has 0 spiro atoms. The molecule has 0 atom stereocenters. The Morgan fingerprint density at radius 1 is 0.700 bits per heavy atom. The molecule has 0 unspecified atom stereocenters. The number of rotatable bonds is 16. The highest BCUT2D eigenvalue weighted by atomic mass is 16.7. The van der Waals surface area contributed by atoms with Gasteiger partial charge in [-0.05, 0) is 19.3 Å². The standard InChI is InChI=1S/C18H34O2/c1-3-5-7-9-11-13-15-17-20-18-19-16-14-12-10-8-6-4-2/h2H,3,5-18H2,1H3. The molecule has 0 fully saturated rings. The number of terminal acetylenes is 1. The van der Waals surface area contributed by atoms with Crippen LogP contribution in [0.15, 0.2) is 0 Å². The van der Waals surface area contributed by atoms with Crippen molar-refractivity contribution >= 4 is 0 Å². The largest absolute Gasteiger partial charge is 0.355 e. The van der Waals surface area contributed by atoms with Crippen LogP contribution in [0, 0.1) is 12.3 Å². The maximum absolute atomic E-state index is 5.46. The van der Waals surface area contributed by atoms with Gasteiger partial charge in [0, 0.05) is 19.6 Å². The van der Waals surface area contributed by atoms with E-state index >= 15 is 0 Å². The van der Waals surface area contributed by atoms with Crippen molar-refractivity contribution < 1.29 is 9.47 Å². The minimum absolute atomic E-state index is 0.459. The van der Waals surface area contributed by atoms with Crippen molar-refractivity contribution in [3.63, 3.8) is 0 Å². The molecule has 0 aromatic rings. The highest BCUT2D eigenvalue weighted by Crippen LogP contribution is 2.07. The smallest absolute Gasteiger partial charge is 0.146 e. The molecular weight excluding hydrogens is 248 g/mol. The molecular formula is C18H34O2. The summed E-state index contributed by atoms with van der Waals surface area (Å²) in [7, 11) is 0. The van der Waals surface area contributed by atoms with Gasteiger partial charge in [-0.3, -0.25) is 0 Å². The van der Waals surface area contributed by atoms with Crippen LogP contribution in [0.3, 0.4) is 0 Å². The Kier molecular flexibility index (Phi) is 18.0. The molecule has 20 heavy (non-hydrogen) atoms. The van der Waals surface area contributed by atoms with Gasteiger partial charge in [-0.15, -0.1) is 12.3 Å². The Labute approximate surface area is 126 Å². The van der Waals surface area contributed by atoms with Crippen molar-refractivity contribution in [2.75, 3.05) is 20.0 Å². The minimum Gasteiger partial charge on any atom is -0.355 e. The highest BCUT2D eigenvalue weighted by Gasteiger charge is 1.93. The van der Waals surface area contributed by atoms with Crippen molar-refractivity contribution in [1.82, 2.24) is 0 Å². The van der Waals surface area contributed by atoms with Gasteiger partial charge < -0.3 is 9.47 Å². The fraction of sp³-hybridized carbons (Fsp3) is 0.889. The van der Waals surface area contributed by atoms with E-state index in [0.29, 0.717) is 6.79 Å². The van der Waals surface area contributed by atoms with E-state index in [4.69, 9.17) is 15.9 Å². The van der Waals surface area contributed by atoms with Crippen LogP contribution in [0.1, 0.15) is 84.0 Å². The van der Waals surface area contributed by atoms with Crippen LogP contribution >= 0.6 is 0 Å². The minimum atomic E-state index is 0.459. The van der Waals surface area contributed by atoms with Crippen LogP contribution in [0.2, 0.25) is 0 Å². The zero-order valence-corrected chi connectivity index (χ0v) is 13.5. The number of hydrogen-bond acceptors (Lipinski definition) is 2. The van der Waals surface area contributed by atoms with Crippen LogP contribution < -0.4 is 0 Å². The zero-order chi connectivity index (χ0) is 14.7. The van der Waals surface area contributed by atoms with Crippen LogP contribution in [0.25, 0.3) is 0 Å². The zero-order valence-electron chi connectivity index (χ0n) is 13.5. The third-order valence-corrected chi connectivity index (χ3v) is 3.42. The lowest BCUT2D eigenvalue weighted by Gasteiger charge is -2.06. The Morgan fingerprint density at radius 3 is 1.75 bits per heavy atom. The summed E-state index contributed by atoms with van der Waals surface area (Å²) in [4.78, 5) is 0. The fourth-order valence-electron chi connectivity index (χ4n) is 2.12. The Hall–Kier alpha value is -0.520. The van der Waals surface area contributed by atoms with E-state index in [1.54, 1.807) is 0 Å². The van der Waals surface area contributed by atoms with Gasteiger partial charge in [0.15, 0.2) is 0 Å². The van der Waals surface area contributed by atoms with Crippen molar-refractivity contribution in [1.29, 1.82) is 0 Å². The average molecular weight is 282 g/mol. The first-order valence-corrected chi connectivity index (χ1v) is 8.50. The van der Waals surface area contributed by atoms with E-state index in [1.807, 2.05) is 0 Å². The van der Waals surface area contributed by atoms with Gasteiger partial charge >= 0.3 is 0 Å². The van der Waals surface area contributed by atoms with Gasteiger partial charge in [0.1, 0.15) is 6.79 Å². The highest BCUT2D eigenvalue weighted by molar-refractivity contribution is 4.82. The molecule has 0 N–H and O–H groups in total. The molecule has 0 saturated carbocycles. The summed E-state index contributed by atoms with van der Waals surface area (Å²) in [6.45, 7) is 4.37. The third kappa shape index (κ3) is 17.5.